The molecule has 11 heteroatoms. The lowest BCUT2D eigenvalue weighted by Gasteiger charge is -2.33. The number of anilines is 2. The third kappa shape index (κ3) is 6.22. The van der Waals surface area contributed by atoms with Gasteiger partial charge in [0.25, 0.3) is 5.56 Å². The summed E-state index contributed by atoms with van der Waals surface area (Å²) in [5.74, 6) is 0.482. The number of aliphatic hydroxyl groups excluding tert-OH is 1. The molecule has 1 aliphatic rings. The predicted octanol–water partition coefficient (Wildman–Crippen LogP) is 4.67. The van der Waals surface area contributed by atoms with Crippen LogP contribution < -0.4 is 21.1 Å². The molecule has 0 radical (unpaired) electrons. The SMILES string of the molecule is Cc1cc(N2CCN[C@H](C)C2)cc2[nH]c(-c3c(NC[C@@H](O)c4cccc(Cl)c4)cc[nH]c3=O)nc12.Cl.Cl. The summed E-state index contributed by atoms with van der Waals surface area (Å²) >= 11 is 6.06. The van der Waals surface area contributed by atoms with Crippen molar-refractivity contribution < 1.29 is 5.11 Å². The Kier molecular flexibility index (Phi) is 9.50. The van der Waals surface area contributed by atoms with E-state index in [2.05, 4.69) is 44.6 Å². The van der Waals surface area contributed by atoms with Gasteiger partial charge in [-0.25, -0.2) is 4.98 Å². The smallest absolute Gasteiger partial charge is 0.261 e. The van der Waals surface area contributed by atoms with Gasteiger partial charge in [-0.2, -0.15) is 0 Å². The van der Waals surface area contributed by atoms with E-state index in [4.69, 9.17) is 16.6 Å². The maximum absolute atomic E-state index is 12.9. The summed E-state index contributed by atoms with van der Waals surface area (Å²) < 4.78 is 0. The van der Waals surface area contributed by atoms with E-state index in [0.29, 0.717) is 33.7 Å². The monoisotopic (exact) mass is 564 g/mol. The Balaban J connectivity index is 0.00000190. The second-order valence-corrected chi connectivity index (χ2v) is 9.53. The van der Waals surface area contributed by atoms with Crippen LogP contribution in [0.5, 0.6) is 0 Å². The number of imidazole rings is 1. The molecule has 3 heterocycles. The maximum Gasteiger partial charge on any atom is 0.261 e. The quantitative estimate of drug-likeness (QED) is 0.233. The van der Waals surface area contributed by atoms with Crippen LogP contribution >= 0.6 is 36.4 Å². The van der Waals surface area contributed by atoms with E-state index >= 15 is 0 Å². The van der Waals surface area contributed by atoms with Crippen molar-refractivity contribution in [1.82, 2.24) is 20.3 Å². The molecule has 1 saturated heterocycles. The van der Waals surface area contributed by atoms with E-state index in [0.717, 1.165) is 41.9 Å². The number of aliphatic hydroxyl groups is 1. The van der Waals surface area contributed by atoms with Gasteiger partial charge in [0.05, 0.1) is 22.8 Å². The van der Waals surface area contributed by atoms with Gasteiger partial charge in [-0.3, -0.25) is 4.79 Å². The number of rotatable bonds is 6. The summed E-state index contributed by atoms with van der Waals surface area (Å²) in [5, 5.41) is 17.9. The molecule has 1 fully saturated rings. The van der Waals surface area contributed by atoms with Crippen LogP contribution in [0.1, 0.15) is 24.2 Å². The Morgan fingerprint density at radius 1 is 1.24 bits per heavy atom. The highest BCUT2D eigenvalue weighted by Gasteiger charge is 2.20. The molecule has 8 nitrogen and oxygen atoms in total. The average Bonchev–Trinajstić information content (AvgIpc) is 3.27. The fraction of sp³-hybridized carbons (Fsp3) is 0.308. The molecule has 0 saturated carbocycles. The topological polar surface area (TPSA) is 109 Å². The summed E-state index contributed by atoms with van der Waals surface area (Å²) in [6, 6.07) is 13.6. The number of piperazine rings is 1. The number of aromatic nitrogens is 3. The van der Waals surface area contributed by atoms with Gasteiger partial charge < -0.3 is 30.6 Å². The zero-order chi connectivity index (χ0) is 24.5. The largest absolute Gasteiger partial charge is 0.387 e. The minimum Gasteiger partial charge on any atom is -0.387 e. The molecule has 0 spiro atoms. The van der Waals surface area contributed by atoms with Crippen molar-refractivity contribution in [2.45, 2.75) is 26.0 Å². The van der Waals surface area contributed by atoms with Gasteiger partial charge in [-0.1, -0.05) is 23.7 Å². The summed E-state index contributed by atoms with van der Waals surface area (Å²) in [6.45, 7) is 7.26. The first kappa shape index (κ1) is 28.8. The van der Waals surface area contributed by atoms with Gasteiger partial charge in [-0.15, -0.1) is 24.8 Å². The number of hydrogen-bond acceptors (Lipinski definition) is 6. The molecule has 2 aromatic carbocycles. The van der Waals surface area contributed by atoms with E-state index in [9.17, 15) is 9.90 Å². The van der Waals surface area contributed by atoms with Crippen LogP contribution in [-0.4, -0.2) is 52.3 Å². The Hall–Kier alpha value is -2.75. The van der Waals surface area contributed by atoms with Crippen LogP contribution in [0.4, 0.5) is 11.4 Å². The van der Waals surface area contributed by atoms with Crippen molar-refractivity contribution in [1.29, 1.82) is 0 Å². The Labute approximate surface area is 232 Å². The first-order chi connectivity index (χ1) is 16.9. The summed E-state index contributed by atoms with van der Waals surface area (Å²) in [6.07, 6.45) is 0.792. The van der Waals surface area contributed by atoms with E-state index in [1.165, 1.54) is 0 Å². The summed E-state index contributed by atoms with van der Waals surface area (Å²) in [5.41, 5.74) is 5.33. The number of aromatic amines is 2. The Morgan fingerprint density at radius 2 is 2.05 bits per heavy atom. The van der Waals surface area contributed by atoms with Crippen LogP contribution in [0, 0.1) is 6.92 Å². The molecule has 0 unspecified atom stereocenters. The fourth-order valence-corrected chi connectivity index (χ4v) is 4.84. The number of halogens is 3. The van der Waals surface area contributed by atoms with Gasteiger partial charge in [-0.05, 0) is 55.3 Å². The minimum absolute atomic E-state index is 0. The van der Waals surface area contributed by atoms with Gasteiger partial charge in [0.15, 0.2) is 0 Å². The molecule has 2 aromatic heterocycles. The van der Waals surface area contributed by atoms with Crippen LogP contribution in [0.15, 0.2) is 53.5 Å². The molecular formula is C26H31Cl3N6O2. The number of nitrogens with one attached hydrogen (secondary N) is 4. The molecule has 2 atom stereocenters. The highest BCUT2D eigenvalue weighted by atomic mass is 35.5. The zero-order valence-electron chi connectivity index (χ0n) is 20.5. The lowest BCUT2D eigenvalue weighted by molar-refractivity contribution is 0.191. The van der Waals surface area contributed by atoms with Gasteiger partial charge >= 0.3 is 0 Å². The predicted molar refractivity (Wildman–Crippen MR) is 156 cm³/mol. The van der Waals surface area contributed by atoms with E-state index in [1.807, 2.05) is 13.0 Å². The standard InChI is InChI=1S/C26H29ClN6O2.2ClH/c1-15-10-19(33-9-8-28-16(2)14-33)12-21-24(15)32-25(31-21)23-20(6-7-29-26(23)35)30-13-22(34)17-4-3-5-18(27)11-17;;/h3-7,10-12,16,22,28,34H,8-9,13-14H2,1-2H3,(H,31,32)(H2,29,30,35);2*1H/t16-,22-;;/m1../s1. The van der Waals surface area contributed by atoms with Crippen LogP contribution in [0.3, 0.4) is 0 Å². The van der Waals surface area contributed by atoms with Crippen LogP contribution in [0.2, 0.25) is 5.02 Å². The normalized spacial score (nSPS) is 16.1. The molecule has 0 bridgehead atoms. The van der Waals surface area contributed by atoms with Gasteiger partial charge in [0.1, 0.15) is 11.4 Å². The minimum atomic E-state index is -0.789. The Morgan fingerprint density at radius 3 is 2.81 bits per heavy atom. The van der Waals surface area contributed by atoms with E-state index < -0.39 is 6.10 Å². The maximum atomic E-state index is 12.9. The molecule has 5 rings (SSSR count). The van der Waals surface area contributed by atoms with E-state index in [1.54, 1.807) is 30.5 Å². The van der Waals surface area contributed by atoms with Crippen molar-refractivity contribution >= 4 is 58.8 Å². The number of H-pyrrole nitrogens is 2. The second kappa shape index (κ2) is 12.2. The van der Waals surface area contributed by atoms with Crippen molar-refractivity contribution in [2.75, 3.05) is 36.4 Å². The van der Waals surface area contributed by atoms with E-state index in [-0.39, 0.29) is 36.9 Å². The van der Waals surface area contributed by atoms with Crippen molar-refractivity contribution in [2.24, 2.45) is 0 Å². The number of hydrogen-bond donors (Lipinski definition) is 5. The molecule has 5 N–H and O–H groups in total. The number of benzene rings is 2. The molecule has 4 aromatic rings. The van der Waals surface area contributed by atoms with Gasteiger partial charge in [0, 0.05) is 49.1 Å². The van der Waals surface area contributed by atoms with Crippen molar-refractivity contribution in [3.05, 3.63) is 75.2 Å². The second-order valence-electron chi connectivity index (χ2n) is 9.09. The lowest BCUT2D eigenvalue weighted by atomic mass is 10.1. The number of pyridine rings is 1. The Bertz CT molecular complexity index is 1420. The molecule has 198 valence electrons. The zero-order valence-corrected chi connectivity index (χ0v) is 22.9. The lowest BCUT2D eigenvalue weighted by Crippen LogP contribution is -2.49. The molecular weight excluding hydrogens is 535 g/mol. The first-order valence-corrected chi connectivity index (χ1v) is 12.1. The summed E-state index contributed by atoms with van der Waals surface area (Å²) in [4.78, 5) is 26.1. The molecule has 0 amide bonds. The fourth-order valence-electron chi connectivity index (χ4n) is 4.64. The summed E-state index contributed by atoms with van der Waals surface area (Å²) in [7, 11) is 0. The number of fused-ring (bicyclic) bond motifs is 1. The van der Waals surface area contributed by atoms with Gasteiger partial charge in [0.2, 0.25) is 0 Å². The number of nitrogens with zero attached hydrogens (tertiary/aromatic N) is 2. The van der Waals surface area contributed by atoms with Crippen LogP contribution in [-0.2, 0) is 0 Å². The third-order valence-electron chi connectivity index (χ3n) is 6.41. The van der Waals surface area contributed by atoms with Crippen molar-refractivity contribution in [3.63, 3.8) is 0 Å². The highest BCUT2D eigenvalue weighted by molar-refractivity contribution is 6.30. The van der Waals surface area contributed by atoms with Crippen LogP contribution in [0.25, 0.3) is 22.4 Å². The average molecular weight is 566 g/mol. The molecule has 1 aliphatic heterocycles. The molecule has 0 aliphatic carbocycles. The highest BCUT2D eigenvalue weighted by Crippen LogP contribution is 2.30. The first-order valence-electron chi connectivity index (χ1n) is 11.8. The van der Waals surface area contributed by atoms with Crippen molar-refractivity contribution in [3.8, 4) is 11.4 Å². The number of aryl methyl sites for hydroxylation is 1. The molecule has 37 heavy (non-hydrogen) atoms. The third-order valence-corrected chi connectivity index (χ3v) is 6.65.